The number of hydrogen-bond donors (Lipinski definition) is 1. The maximum absolute atomic E-state index is 9.55. The number of aryl methyl sites for hydroxylation is 2. The third-order valence-electron chi connectivity index (χ3n) is 2.68. The van der Waals surface area contributed by atoms with E-state index in [0.717, 1.165) is 36.8 Å². The molecule has 0 bridgehead atoms. The Morgan fingerprint density at radius 3 is 2.86 bits per heavy atom. The summed E-state index contributed by atoms with van der Waals surface area (Å²) in [6.07, 6.45) is 1.83. The van der Waals surface area contributed by atoms with Crippen LogP contribution in [0.25, 0.3) is 0 Å². The summed E-state index contributed by atoms with van der Waals surface area (Å²) in [6, 6.07) is 0. The molecule has 0 aliphatic carbocycles. The Morgan fingerprint density at radius 1 is 1.50 bits per heavy atom. The summed E-state index contributed by atoms with van der Waals surface area (Å²) in [7, 11) is 0. The third kappa shape index (κ3) is 1.91. The van der Waals surface area contributed by atoms with E-state index in [1.54, 1.807) is 11.3 Å². The van der Waals surface area contributed by atoms with Crippen molar-refractivity contribution in [2.24, 2.45) is 0 Å². The Hall–Kier alpha value is -0.610. The Morgan fingerprint density at radius 2 is 2.29 bits per heavy atom. The summed E-state index contributed by atoms with van der Waals surface area (Å²) < 4.78 is 0. The quantitative estimate of drug-likeness (QED) is 0.770. The van der Waals surface area contributed by atoms with Crippen LogP contribution in [0.15, 0.2) is 0 Å². The van der Waals surface area contributed by atoms with Crippen molar-refractivity contribution < 1.29 is 5.11 Å². The Balaban J connectivity index is 2.14. The van der Waals surface area contributed by atoms with E-state index in [9.17, 15) is 5.11 Å². The summed E-state index contributed by atoms with van der Waals surface area (Å²) in [5.74, 6) is 0. The third-order valence-corrected chi connectivity index (χ3v) is 3.82. The molecule has 0 aromatic carbocycles. The lowest BCUT2D eigenvalue weighted by atomic mass is 10.1. The van der Waals surface area contributed by atoms with Crippen LogP contribution in [0.3, 0.4) is 0 Å². The van der Waals surface area contributed by atoms with E-state index in [1.165, 1.54) is 4.88 Å². The molecule has 1 aliphatic heterocycles. The van der Waals surface area contributed by atoms with Crippen molar-refractivity contribution in [1.82, 2.24) is 4.98 Å². The number of aromatic nitrogens is 1. The minimum Gasteiger partial charge on any atom is -0.391 e. The van der Waals surface area contributed by atoms with E-state index in [2.05, 4.69) is 16.8 Å². The van der Waals surface area contributed by atoms with Crippen molar-refractivity contribution in [3.8, 4) is 0 Å². The van der Waals surface area contributed by atoms with Crippen LogP contribution in [-0.4, -0.2) is 29.3 Å². The van der Waals surface area contributed by atoms with Gasteiger partial charge in [0.25, 0.3) is 0 Å². The lowest BCUT2D eigenvalue weighted by Crippen LogP contribution is -2.38. The number of piperidine rings is 1. The molecule has 1 fully saturated rings. The molecule has 14 heavy (non-hydrogen) atoms. The first-order valence-corrected chi connectivity index (χ1v) is 5.85. The van der Waals surface area contributed by atoms with Crippen LogP contribution in [0.4, 0.5) is 5.13 Å². The monoisotopic (exact) mass is 212 g/mol. The second-order valence-electron chi connectivity index (χ2n) is 3.88. The summed E-state index contributed by atoms with van der Waals surface area (Å²) in [5, 5.41) is 10.6. The predicted molar refractivity (Wildman–Crippen MR) is 59.0 cm³/mol. The summed E-state index contributed by atoms with van der Waals surface area (Å²) in [6.45, 7) is 5.91. The summed E-state index contributed by atoms with van der Waals surface area (Å²) in [5.41, 5.74) is 1.12. The average Bonchev–Trinajstić information content (AvgIpc) is 2.47. The lowest BCUT2D eigenvalue weighted by Gasteiger charge is -2.29. The number of rotatable bonds is 1. The maximum Gasteiger partial charge on any atom is 0.185 e. The van der Waals surface area contributed by atoms with Crippen molar-refractivity contribution in [2.75, 3.05) is 18.0 Å². The van der Waals surface area contributed by atoms with Gasteiger partial charge in [0.15, 0.2) is 5.13 Å². The summed E-state index contributed by atoms with van der Waals surface area (Å²) >= 11 is 1.73. The molecule has 0 radical (unpaired) electrons. The van der Waals surface area contributed by atoms with E-state index < -0.39 is 0 Å². The fourth-order valence-electron chi connectivity index (χ4n) is 1.72. The molecule has 1 aromatic rings. The summed E-state index contributed by atoms with van der Waals surface area (Å²) in [4.78, 5) is 7.97. The van der Waals surface area contributed by atoms with Gasteiger partial charge in [0.2, 0.25) is 0 Å². The maximum atomic E-state index is 9.55. The largest absolute Gasteiger partial charge is 0.391 e. The van der Waals surface area contributed by atoms with Gasteiger partial charge in [-0.2, -0.15) is 0 Å². The van der Waals surface area contributed by atoms with Crippen LogP contribution in [0.5, 0.6) is 0 Å². The van der Waals surface area contributed by atoms with Gasteiger partial charge >= 0.3 is 0 Å². The number of β-amino-alcohol motifs (C(OH)–C–C–N with tert-alkyl or cyclic N) is 1. The number of aliphatic hydroxyl groups excluding tert-OH is 1. The van der Waals surface area contributed by atoms with E-state index in [-0.39, 0.29) is 6.10 Å². The molecule has 78 valence electrons. The van der Waals surface area contributed by atoms with Crippen molar-refractivity contribution in [1.29, 1.82) is 0 Å². The van der Waals surface area contributed by atoms with Crippen LogP contribution in [0.2, 0.25) is 0 Å². The number of hydrogen-bond acceptors (Lipinski definition) is 4. The van der Waals surface area contributed by atoms with Gasteiger partial charge in [-0.3, -0.25) is 0 Å². The molecule has 1 aromatic heterocycles. The average molecular weight is 212 g/mol. The first-order chi connectivity index (χ1) is 6.66. The molecule has 1 N–H and O–H groups in total. The Labute approximate surface area is 88.4 Å². The standard InChI is InChI=1S/C10H16N2OS/c1-7-8(2)14-10(11-7)12-5-3-4-9(13)6-12/h9,13H,3-6H2,1-2H3/t9-/m0/s1. The molecule has 0 spiro atoms. The Kier molecular flexibility index (Phi) is 2.74. The molecule has 1 atom stereocenters. The molecular weight excluding hydrogens is 196 g/mol. The van der Waals surface area contributed by atoms with E-state index in [0.29, 0.717) is 0 Å². The van der Waals surface area contributed by atoms with Crippen LogP contribution in [0, 0.1) is 13.8 Å². The zero-order chi connectivity index (χ0) is 10.1. The van der Waals surface area contributed by atoms with Crippen LogP contribution < -0.4 is 4.90 Å². The van der Waals surface area contributed by atoms with Gasteiger partial charge in [-0.1, -0.05) is 0 Å². The number of aliphatic hydroxyl groups is 1. The van der Waals surface area contributed by atoms with Gasteiger partial charge in [0.1, 0.15) is 0 Å². The van der Waals surface area contributed by atoms with Gasteiger partial charge in [-0.15, -0.1) is 11.3 Å². The molecule has 1 aliphatic rings. The molecule has 4 heteroatoms. The second kappa shape index (κ2) is 3.87. The van der Waals surface area contributed by atoms with Crippen LogP contribution in [0.1, 0.15) is 23.4 Å². The highest BCUT2D eigenvalue weighted by Gasteiger charge is 2.20. The molecule has 0 saturated carbocycles. The first kappa shape index (κ1) is 9.93. The highest BCUT2D eigenvalue weighted by atomic mass is 32.1. The molecule has 1 saturated heterocycles. The van der Waals surface area contributed by atoms with Crippen molar-refractivity contribution in [2.45, 2.75) is 32.8 Å². The fraction of sp³-hybridized carbons (Fsp3) is 0.700. The topological polar surface area (TPSA) is 36.4 Å². The molecule has 0 amide bonds. The van der Waals surface area contributed by atoms with Crippen LogP contribution in [-0.2, 0) is 0 Å². The number of nitrogens with zero attached hydrogens (tertiary/aromatic N) is 2. The normalized spacial score (nSPS) is 22.8. The molecule has 3 nitrogen and oxygen atoms in total. The van der Waals surface area contributed by atoms with E-state index in [4.69, 9.17) is 0 Å². The molecular formula is C10H16N2OS. The number of thiazole rings is 1. The SMILES string of the molecule is Cc1nc(N2CCC[C@H](O)C2)sc1C. The molecule has 2 heterocycles. The van der Waals surface area contributed by atoms with E-state index >= 15 is 0 Å². The van der Waals surface area contributed by atoms with Gasteiger partial charge in [0, 0.05) is 18.0 Å². The Bertz CT molecular complexity index is 304. The van der Waals surface area contributed by atoms with Crippen molar-refractivity contribution >= 4 is 16.5 Å². The first-order valence-electron chi connectivity index (χ1n) is 5.04. The minimum atomic E-state index is -0.173. The smallest absolute Gasteiger partial charge is 0.185 e. The zero-order valence-corrected chi connectivity index (χ0v) is 9.47. The van der Waals surface area contributed by atoms with Gasteiger partial charge in [0.05, 0.1) is 11.8 Å². The second-order valence-corrected chi connectivity index (χ2v) is 5.06. The molecule has 0 unspecified atom stereocenters. The zero-order valence-electron chi connectivity index (χ0n) is 8.66. The fourth-order valence-corrected chi connectivity index (χ4v) is 2.66. The van der Waals surface area contributed by atoms with Gasteiger partial charge in [-0.05, 0) is 26.7 Å². The van der Waals surface area contributed by atoms with Gasteiger partial charge in [-0.25, -0.2) is 4.98 Å². The van der Waals surface area contributed by atoms with Crippen molar-refractivity contribution in [3.05, 3.63) is 10.6 Å². The van der Waals surface area contributed by atoms with Gasteiger partial charge < -0.3 is 10.0 Å². The highest BCUT2D eigenvalue weighted by Crippen LogP contribution is 2.27. The molecule has 2 rings (SSSR count). The van der Waals surface area contributed by atoms with E-state index in [1.807, 2.05) is 6.92 Å². The predicted octanol–water partition coefficient (Wildman–Crippen LogP) is 1.72. The van der Waals surface area contributed by atoms with Crippen molar-refractivity contribution in [3.63, 3.8) is 0 Å². The highest BCUT2D eigenvalue weighted by molar-refractivity contribution is 7.15. The van der Waals surface area contributed by atoms with Crippen LogP contribution >= 0.6 is 11.3 Å². The minimum absolute atomic E-state index is 0.173. The number of anilines is 1. The lowest BCUT2D eigenvalue weighted by molar-refractivity contribution is 0.154.